The van der Waals surface area contributed by atoms with Gasteiger partial charge in [-0.05, 0) is 52.3 Å². The number of amides is 1. The van der Waals surface area contributed by atoms with Gasteiger partial charge in [0.2, 0.25) is 0 Å². The zero-order valence-corrected chi connectivity index (χ0v) is 13.9. The summed E-state index contributed by atoms with van der Waals surface area (Å²) < 4.78 is 0. The smallest absolute Gasteiger partial charge is 0.257 e. The summed E-state index contributed by atoms with van der Waals surface area (Å²) in [5.41, 5.74) is 3.58. The van der Waals surface area contributed by atoms with Crippen molar-refractivity contribution in [3.63, 3.8) is 0 Å². The minimum Gasteiger partial charge on any atom is -0.383 e. The van der Waals surface area contributed by atoms with Gasteiger partial charge in [0.25, 0.3) is 5.91 Å². The first kappa shape index (κ1) is 15.5. The van der Waals surface area contributed by atoms with Gasteiger partial charge in [-0.25, -0.2) is 4.98 Å². The maximum Gasteiger partial charge on any atom is 0.257 e. The molecule has 1 aromatic carbocycles. The van der Waals surface area contributed by atoms with Crippen molar-refractivity contribution in [1.82, 2.24) is 4.98 Å². The normalized spacial score (nSPS) is 10.8. The van der Waals surface area contributed by atoms with Gasteiger partial charge in [-0.1, -0.05) is 6.07 Å². The van der Waals surface area contributed by atoms with E-state index in [9.17, 15) is 4.79 Å². The lowest BCUT2D eigenvalue weighted by Gasteiger charge is -2.15. The summed E-state index contributed by atoms with van der Waals surface area (Å²) >= 11 is 1.50. The molecule has 0 atom stereocenters. The average Bonchev–Trinajstić information content (AvgIpc) is 2.70. The number of nitrogens with one attached hydrogen (secondary N) is 2. The van der Waals surface area contributed by atoms with E-state index in [1.54, 1.807) is 0 Å². The molecule has 0 unspecified atom stereocenters. The molecule has 0 aliphatic carbocycles. The lowest BCUT2D eigenvalue weighted by molar-refractivity contribution is 0.102. The summed E-state index contributed by atoms with van der Waals surface area (Å²) in [6, 6.07) is 6.05. The summed E-state index contributed by atoms with van der Waals surface area (Å²) in [5.74, 6) is -0.117. The molecule has 0 saturated heterocycles. The Bertz CT molecular complexity index is 642. The molecular weight excluding hydrogens is 282 g/mol. The van der Waals surface area contributed by atoms with Crippen LogP contribution in [0.5, 0.6) is 0 Å². The van der Waals surface area contributed by atoms with E-state index in [0.717, 1.165) is 21.8 Å². The van der Waals surface area contributed by atoms with Gasteiger partial charge in [0.1, 0.15) is 0 Å². The van der Waals surface area contributed by atoms with Crippen molar-refractivity contribution in [2.45, 2.75) is 40.7 Å². The lowest BCUT2D eigenvalue weighted by Crippen LogP contribution is -2.16. The number of hydrogen-bond donors (Lipinski definition) is 2. The van der Waals surface area contributed by atoms with Gasteiger partial charge in [-0.2, -0.15) is 0 Å². The summed E-state index contributed by atoms with van der Waals surface area (Å²) in [5, 5.41) is 6.88. The van der Waals surface area contributed by atoms with Crippen LogP contribution < -0.4 is 10.6 Å². The van der Waals surface area contributed by atoms with Crippen molar-refractivity contribution < 1.29 is 4.79 Å². The first-order valence-corrected chi connectivity index (χ1v) is 7.81. The first-order chi connectivity index (χ1) is 9.88. The quantitative estimate of drug-likeness (QED) is 0.892. The molecule has 5 heteroatoms. The molecule has 0 spiro atoms. The third kappa shape index (κ3) is 3.61. The number of aryl methyl sites for hydroxylation is 2. The summed E-state index contributed by atoms with van der Waals surface area (Å²) in [4.78, 5) is 17.9. The number of anilines is 2. The fraction of sp³-hybridized carbons (Fsp3) is 0.375. The van der Waals surface area contributed by atoms with Crippen molar-refractivity contribution in [3.05, 3.63) is 39.9 Å². The molecule has 0 bridgehead atoms. The number of nitrogens with zero attached hydrogens (tertiary/aromatic N) is 1. The number of rotatable bonds is 4. The predicted molar refractivity (Wildman–Crippen MR) is 89.5 cm³/mol. The Balaban J connectivity index is 2.23. The van der Waals surface area contributed by atoms with Crippen molar-refractivity contribution in [2.24, 2.45) is 0 Å². The molecule has 2 rings (SSSR count). The zero-order chi connectivity index (χ0) is 15.6. The van der Waals surface area contributed by atoms with Crippen LogP contribution in [-0.4, -0.2) is 16.9 Å². The number of aromatic nitrogens is 1. The maximum absolute atomic E-state index is 12.4. The monoisotopic (exact) mass is 303 g/mol. The second-order valence-corrected chi connectivity index (χ2v) is 6.60. The summed E-state index contributed by atoms with van der Waals surface area (Å²) in [6.45, 7) is 10.1. The molecule has 0 saturated carbocycles. The SMILES string of the molecule is Cc1nc(NC(=O)c2cccc(NC(C)C)c2C)sc1C. The molecule has 0 fully saturated rings. The van der Waals surface area contributed by atoms with Crippen molar-refractivity contribution >= 4 is 28.1 Å². The van der Waals surface area contributed by atoms with Crippen molar-refractivity contribution in [3.8, 4) is 0 Å². The Kier molecular flexibility index (Phi) is 4.63. The molecule has 1 amide bonds. The summed E-state index contributed by atoms with van der Waals surface area (Å²) in [6.07, 6.45) is 0. The van der Waals surface area contributed by atoms with Crippen LogP contribution in [0.25, 0.3) is 0 Å². The van der Waals surface area contributed by atoms with Gasteiger partial charge >= 0.3 is 0 Å². The number of benzene rings is 1. The number of carbonyl (C=O) groups is 1. The van der Waals surface area contributed by atoms with E-state index < -0.39 is 0 Å². The molecule has 4 nitrogen and oxygen atoms in total. The Morgan fingerprint density at radius 3 is 2.52 bits per heavy atom. The van der Waals surface area contributed by atoms with Crippen LogP contribution in [0.2, 0.25) is 0 Å². The second-order valence-electron chi connectivity index (χ2n) is 5.39. The van der Waals surface area contributed by atoms with E-state index in [2.05, 4.69) is 29.5 Å². The second kappa shape index (κ2) is 6.26. The van der Waals surface area contributed by atoms with Crippen LogP contribution in [0, 0.1) is 20.8 Å². The highest BCUT2D eigenvalue weighted by molar-refractivity contribution is 7.15. The minimum absolute atomic E-state index is 0.117. The molecule has 21 heavy (non-hydrogen) atoms. The Morgan fingerprint density at radius 2 is 1.95 bits per heavy atom. The zero-order valence-electron chi connectivity index (χ0n) is 13.1. The molecule has 2 aromatic rings. The third-order valence-corrected chi connectivity index (χ3v) is 4.26. The average molecular weight is 303 g/mol. The van der Waals surface area contributed by atoms with Gasteiger partial charge in [-0.15, -0.1) is 11.3 Å². The third-order valence-electron chi connectivity index (χ3n) is 3.27. The molecule has 0 radical (unpaired) electrons. The highest BCUT2D eigenvalue weighted by atomic mass is 32.1. The highest BCUT2D eigenvalue weighted by Gasteiger charge is 2.14. The molecule has 2 N–H and O–H groups in total. The molecule has 112 valence electrons. The Labute approximate surface area is 129 Å². The van der Waals surface area contributed by atoms with Gasteiger partial charge < -0.3 is 5.32 Å². The van der Waals surface area contributed by atoms with Gasteiger partial charge in [0.05, 0.1) is 5.69 Å². The molecule has 1 aromatic heterocycles. The molecule has 1 heterocycles. The fourth-order valence-corrected chi connectivity index (χ4v) is 2.85. The van der Waals surface area contributed by atoms with E-state index in [1.807, 2.05) is 39.0 Å². The largest absolute Gasteiger partial charge is 0.383 e. The number of hydrogen-bond acceptors (Lipinski definition) is 4. The van der Waals surface area contributed by atoms with E-state index in [0.29, 0.717) is 16.7 Å². The lowest BCUT2D eigenvalue weighted by atomic mass is 10.1. The van der Waals surface area contributed by atoms with Crippen LogP contribution in [0.1, 0.15) is 40.3 Å². The van der Waals surface area contributed by atoms with E-state index in [4.69, 9.17) is 0 Å². The van der Waals surface area contributed by atoms with Crippen LogP contribution >= 0.6 is 11.3 Å². The molecular formula is C16H21N3OS. The summed E-state index contributed by atoms with van der Waals surface area (Å²) in [7, 11) is 0. The highest BCUT2D eigenvalue weighted by Crippen LogP contribution is 2.24. The first-order valence-electron chi connectivity index (χ1n) is 7.00. The maximum atomic E-state index is 12.4. The Hall–Kier alpha value is -1.88. The molecule has 0 aliphatic heterocycles. The predicted octanol–water partition coefficient (Wildman–Crippen LogP) is 4.14. The van der Waals surface area contributed by atoms with Crippen LogP contribution in [0.15, 0.2) is 18.2 Å². The van der Waals surface area contributed by atoms with E-state index in [1.165, 1.54) is 11.3 Å². The number of thiazole rings is 1. The van der Waals surface area contributed by atoms with Crippen LogP contribution in [0.4, 0.5) is 10.8 Å². The molecule has 0 aliphatic rings. The van der Waals surface area contributed by atoms with Crippen LogP contribution in [-0.2, 0) is 0 Å². The van der Waals surface area contributed by atoms with Crippen molar-refractivity contribution in [2.75, 3.05) is 10.6 Å². The van der Waals surface area contributed by atoms with E-state index >= 15 is 0 Å². The Morgan fingerprint density at radius 1 is 1.24 bits per heavy atom. The topological polar surface area (TPSA) is 54.0 Å². The van der Waals surface area contributed by atoms with Gasteiger partial charge in [-0.3, -0.25) is 10.1 Å². The van der Waals surface area contributed by atoms with Crippen molar-refractivity contribution in [1.29, 1.82) is 0 Å². The van der Waals surface area contributed by atoms with E-state index in [-0.39, 0.29) is 5.91 Å². The minimum atomic E-state index is -0.117. The fourth-order valence-electron chi connectivity index (χ4n) is 2.04. The standard InChI is InChI=1S/C16H21N3OS/c1-9(2)17-14-8-6-7-13(10(14)3)15(20)19-16-18-11(4)12(5)21-16/h6-9,17H,1-5H3,(H,18,19,20). The van der Waals surface area contributed by atoms with Gasteiger partial charge in [0, 0.05) is 22.2 Å². The van der Waals surface area contributed by atoms with Gasteiger partial charge in [0.15, 0.2) is 5.13 Å². The number of carbonyl (C=O) groups excluding carboxylic acids is 1. The van der Waals surface area contributed by atoms with Crippen LogP contribution in [0.3, 0.4) is 0 Å².